The maximum absolute atomic E-state index is 12.6. The van der Waals surface area contributed by atoms with E-state index in [4.69, 9.17) is 11.6 Å². The highest BCUT2D eigenvalue weighted by molar-refractivity contribution is 6.20. The SMILES string of the molecule is Cn1cc(C(=O)Nc2ccc(OC(F)(F)Cl)cc2)cc(-n2ccnc2)c1=O. The lowest BCUT2D eigenvalue weighted by molar-refractivity contribution is -0.0964. The van der Waals surface area contributed by atoms with Crippen LogP contribution in [0.4, 0.5) is 14.5 Å². The Morgan fingerprint density at radius 2 is 2.00 bits per heavy atom. The van der Waals surface area contributed by atoms with Gasteiger partial charge in [0.1, 0.15) is 11.4 Å². The van der Waals surface area contributed by atoms with E-state index in [-0.39, 0.29) is 22.6 Å². The summed E-state index contributed by atoms with van der Waals surface area (Å²) >= 11 is 4.70. The number of hydrogen-bond donors (Lipinski definition) is 1. The van der Waals surface area contributed by atoms with Crippen LogP contribution in [-0.4, -0.2) is 25.6 Å². The number of halogens is 3. The first-order valence-corrected chi connectivity index (χ1v) is 7.97. The summed E-state index contributed by atoms with van der Waals surface area (Å²) in [4.78, 5) is 28.6. The molecule has 0 radical (unpaired) electrons. The number of carbonyl (C=O) groups is 1. The van der Waals surface area contributed by atoms with E-state index >= 15 is 0 Å². The number of pyridine rings is 1. The van der Waals surface area contributed by atoms with Crippen LogP contribution in [-0.2, 0) is 7.05 Å². The highest BCUT2D eigenvalue weighted by Gasteiger charge is 2.27. The molecule has 2 heterocycles. The summed E-state index contributed by atoms with van der Waals surface area (Å²) in [6, 6.07) is 6.68. The highest BCUT2D eigenvalue weighted by atomic mass is 35.5. The van der Waals surface area contributed by atoms with Gasteiger partial charge in [-0.05, 0) is 30.3 Å². The fourth-order valence-corrected chi connectivity index (χ4v) is 2.44. The molecule has 7 nitrogen and oxygen atoms in total. The second kappa shape index (κ2) is 7.20. The van der Waals surface area contributed by atoms with Crippen molar-refractivity contribution < 1.29 is 18.3 Å². The molecule has 1 N–H and O–H groups in total. The lowest BCUT2D eigenvalue weighted by atomic mass is 10.2. The van der Waals surface area contributed by atoms with Gasteiger partial charge in [-0.1, -0.05) is 0 Å². The van der Waals surface area contributed by atoms with Gasteiger partial charge in [0.05, 0.1) is 11.9 Å². The molecule has 0 aliphatic heterocycles. The zero-order valence-electron chi connectivity index (χ0n) is 13.9. The fourth-order valence-electron chi connectivity index (χ4n) is 2.35. The lowest BCUT2D eigenvalue weighted by Gasteiger charge is -2.12. The predicted molar refractivity (Wildman–Crippen MR) is 94.6 cm³/mol. The van der Waals surface area contributed by atoms with Gasteiger partial charge in [-0.25, -0.2) is 4.98 Å². The Labute approximate surface area is 156 Å². The number of rotatable bonds is 5. The number of nitrogens with one attached hydrogen (secondary N) is 1. The van der Waals surface area contributed by atoms with Crippen LogP contribution in [0.1, 0.15) is 10.4 Å². The number of aromatic nitrogens is 3. The fraction of sp³-hybridized carbons (Fsp3) is 0.118. The lowest BCUT2D eigenvalue weighted by Crippen LogP contribution is -2.24. The first kappa shape index (κ1) is 18.6. The summed E-state index contributed by atoms with van der Waals surface area (Å²) in [7, 11) is 1.53. The zero-order valence-corrected chi connectivity index (χ0v) is 14.7. The van der Waals surface area contributed by atoms with Crippen molar-refractivity contribution in [3.05, 3.63) is 71.2 Å². The first-order chi connectivity index (χ1) is 12.7. The quantitative estimate of drug-likeness (QED) is 0.675. The average molecular weight is 395 g/mol. The van der Waals surface area contributed by atoms with Crippen molar-refractivity contribution in [3.8, 4) is 11.4 Å². The van der Waals surface area contributed by atoms with E-state index in [0.29, 0.717) is 5.69 Å². The molecule has 0 atom stereocenters. The van der Waals surface area contributed by atoms with Crippen LogP contribution in [0.25, 0.3) is 5.69 Å². The standard InChI is InChI=1S/C17H13ClF2N4O3/c1-23-9-11(8-14(16(23)26)24-7-6-21-10-24)15(25)22-12-2-4-13(5-3-12)27-17(18,19)20/h2-10H,1H3,(H,22,25). The molecule has 0 unspecified atom stereocenters. The van der Waals surface area contributed by atoms with Crippen LogP contribution in [0.3, 0.4) is 0 Å². The molecule has 0 bridgehead atoms. The summed E-state index contributed by atoms with van der Waals surface area (Å²) in [5.41, 5.74) is -3.27. The number of imidazole rings is 1. The maximum Gasteiger partial charge on any atom is 0.487 e. The van der Waals surface area contributed by atoms with Crippen LogP contribution < -0.4 is 15.6 Å². The van der Waals surface area contributed by atoms with Gasteiger partial charge in [-0.15, -0.1) is 8.78 Å². The molecule has 0 spiro atoms. The smallest absolute Gasteiger partial charge is 0.420 e. The monoisotopic (exact) mass is 394 g/mol. The van der Waals surface area contributed by atoms with Gasteiger partial charge in [0.25, 0.3) is 11.5 Å². The van der Waals surface area contributed by atoms with Gasteiger partial charge >= 0.3 is 5.57 Å². The van der Waals surface area contributed by atoms with Crippen molar-refractivity contribution in [2.45, 2.75) is 5.57 Å². The minimum absolute atomic E-state index is 0.155. The second-order valence-corrected chi connectivity index (χ2v) is 5.97. The van der Waals surface area contributed by atoms with Gasteiger partial charge in [0.15, 0.2) is 0 Å². The predicted octanol–water partition coefficient (Wildman–Crippen LogP) is 2.99. The number of benzene rings is 1. The Balaban J connectivity index is 1.81. The van der Waals surface area contributed by atoms with Crippen molar-refractivity contribution in [1.29, 1.82) is 0 Å². The number of hydrogen-bond acceptors (Lipinski definition) is 4. The van der Waals surface area contributed by atoms with E-state index in [1.54, 1.807) is 6.20 Å². The van der Waals surface area contributed by atoms with E-state index in [9.17, 15) is 18.4 Å². The molecule has 3 rings (SSSR count). The Hall–Kier alpha value is -3.20. The minimum atomic E-state index is -3.82. The van der Waals surface area contributed by atoms with Crippen molar-refractivity contribution in [1.82, 2.24) is 14.1 Å². The summed E-state index contributed by atoms with van der Waals surface area (Å²) in [6.07, 6.45) is 5.94. The number of alkyl halides is 3. The molecule has 0 saturated carbocycles. The van der Waals surface area contributed by atoms with E-state index in [0.717, 1.165) is 0 Å². The summed E-state index contributed by atoms with van der Waals surface area (Å²) < 4.78 is 32.2. The molecule has 3 aromatic rings. The molecule has 10 heteroatoms. The third-order valence-electron chi connectivity index (χ3n) is 3.55. The number of anilines is 1. The van der Waals surface area contributed by atoms with Gasteiger partial charge in [0, 0.05) is 42.9 Å². The Bertz CT molecular complexity index is 1010. The van der Waals surface area contributed by atoms with E-state index in [1.165, 1.54) is 65.2 Å². The Kier molecular flexibility index (Phi) is 4.95. The van der Waals surface area contributed by atoms with Gasteiger partial charge < -0.3 is 19.2 Å². The van der Waals surface area contributed by atoms with Gasteiger partial charge in [-0.3, -0.25) is 9.59 Å². The van der Waals surface area contributed by atoms with Crippen molar-refractivity contribution >= 4 is 23.2 Å². The minimum Gasteiger partial charge on any atom is -0.420 e. The third-order valence-corrected chi connectivity index (χ3v) is 3.63. The summed E-state index contributed by atoms with van der Waals surface area (Å²) in [6.45, 7) is 0. The number of nitrogens with zero attached hydrogens (tertiary/aromatic N) is 3. The normalized spacial score (nSPS) is 11.3. The van der Waals surface area contributed by atoms with Crippen molar-refractivity contribution in [3.63, 3.8) is 0 Å². The third kappa shape index (κ3) is 4.50. The molecule has 0 saturated heterocycles. The topological polar surface area (TPSA) is 78.2 Å². The summed E-state index contributed by atoms with van der Waals surface area (Å²) in [5.74, 6) is -0.638. The number of carbonyl (C=O) groups excluding carboxylic acids is 1. The Morgan fingerprint density at radius 3 is 2.59 bits per heavy atom. The molecule has 2 aromatic heterocycles. The van der Waals surface area contributed by atoms with E-state index in [2.05, 4.69) is 15.0 Å². The number of amides is 1. The van der Waals surface area contributed by atoms with E-state index < -0.39 is 11.5 Å². The highest BCUT2D eigenvalue weighted by Crippen LogP contribution is 2.26. The first-order valence-electron chi connectivity index (χ1n) is 7.59. The largest absolute Gasteiger partial charge is 0.487 e. The maximum atomic E-state index is 12.6. The molecular weight excluding hydrogens is 382 g/mol. The average Bonchev–Trinajstić information content (AvgIpc) is 3.12. The number of aryl methyl sites for hydroxylation is 1. The number of ether oxygens (including phenoxy) is 1. The van der Waals surface area contributed by atoms with Crippen LogP contribution in [0.15, 0.2) is 60.0 Å². The van der Waals surface area contributed by atoms with Crippen LogP contribution in [0, 0.1) is 0 Å². The molecular formula is C17H13ClF2N4O3. The molecule has 0 fully saturated rings. The molecule has 140 valence electrons. The van der Waals surface area contributed by atoms with Gasteiger partial charge in [-0.2, -0.15) is 0 Å². The zero-order chi connectivity index (χ0) is 19.6. The molecule has 0 aliphatic carbocycles. The summed E-state index contributed by atoms with van der Waals surface area (Å²) in [5, 5.41) is 2.61. The van der Waals surface area contributed by atoms with Crippen molar-refractivity contribution in [2.24, 2.45) is 7.05 Å². The molecule has 0 aliphatic rings. The van der Waals surface area contributed by atoms with Gasteiger partial charge in [0.2, 0.25) is 0 Å². The second-order valence-electron chi connectivity index (χ2n) is 5.53. The van der Waals surface area contributed by atoms with Crippen LogP contribution in [0.2, 0.25) is 0 Å². The van der Waals surface area contributed by atoms with Crippen LogP contribution >= 0.6 is 11.6 Å². The molecule has 1 aromatic carbocycles. The van der Waals surface area contributed by atoms with Crippen LogP contribution in [0.5, 0.6) is 5.75 Å². The van der Waals surface area contributed by atoms with Crippen molar-refractivity contribution in [2.75, 3.05) is 5.32 Å². The Morgan fingerprint density at radius 1 is 1.30 bits per heavy atom. The molecule has 1 amide bonds. The molecule has 27 heavy (non-hydrogen) atoms. The van der Waals surface area contributed by atoms with E-state index in [1.807, 2.05) is 0 Å².